The van der Waals surface area contributed by atoms with Gasteiger partial charge in [-0.3, -0.25) is 24.2 Å². The Kier molecular flexibility index (Phi) is 3.64. The van der Waals surface area contributed by atoms with Crippen molar-refractivity contribution in [1.82, 2.24) is 15.1 Å². The molecule has 0 aliphatic carbocycles. The Balaban J connectivity index is 1.70. The van der Waals surface area contributed by atoms with Crippen LogP contribution < -0.4 is 5.32 Å². The van der Waals surface area contributed by atoms with Crippen molar-refractivity contribution in [3.63, 3.8) is 0 Å². The lowest BCUT2D eigenvalue weighted by Crippen LogP contribution is -2.45. The highest BCUT2D eigenvalue weighted by molar-refractivity contribution is 6.21. The third kappa shape index (κ3) is 2.44. The second-order valence-corrected chi connectivity index (χ2v) is 6.39. The average molecular weight is 331 g/mol. The van der Waals surface area contributed by atoms with Crippen molar-refractivity contribution in [3.8, 4) is 0 Å². The zero-order valence-electron chi connectivity index (χ0n) is 13.3. The molecule has 0 bridgehead atoms. The molecule has 1 saturated heterocycles. The fraction of sp³-hybridized carbons (Fsp3) is 0.375. The lowest BCUT2D eigenvalue weighted by Gasteiger charge is -2.22. The third-order valence-corrected chi connectivity index (χ3v) is 4.11. The number of nitrogens with one attached hydrogen (secondary N) is 1. The van der Waals surface area contributed by atoms with Gasteiger partial charge in [-0.25, -0.2) is 4.79 Å². The molecule has 2 aliphatic heterocycles. The number of hydrogen-bond acceptors (Lipinski definition) is 5. The molecule has 2 heterocycles. The molecule has 1 fully saturated rings. The highest BCUT2D eigenvalue weighted by atomic mass is 16.3. The lowest BCUT2D eigenvalue weighted by molar-refractivity contribution is -0.131. The van der Waals surface area contributed by atoms with Crippen LogP contribution in [0.1, 0.15) is 34.6 Å². The molecule has 24 heavy (non-hydrogen) atoms. The van der Waals surface area contributed by atoms with Crippen LogP contribution in [-0.4, -0.2) is 63.4 Å². The minimum Gasteiger partial charge on any atom is -0.389 e. The van der Waals surface area contributed by atoms with E-state index in [2.05, 4.69) is 5.32 Å². The Morgan fingerprint density at radius 2 is 1.50 bits per heavy atom. The molecule has 5 amide bonds. The van der Waals surface area contributed by atoms with Crippen LogP contribution in [0, 0.1) is 0 Å². The fourth-order valence-electron chi connectivity index (χ4n) is 2.87. The Morgan fingerprint density at radius 1 is 1.00 bits per heavy atom. The summed E-state index contributed by atoms with van der Waals surface area (Å²) >= 11 is 0. The molecular formula is C16H17N3O5. The van der Waals surface area contributed by atoms with Gasteiger partial charge in [0.2, 0.25) is 0 Å². The number of fused-ring (bicyclic) bond motifs is 1. The summed E-state index contributed by atoms with van der Waals surface area (Å²) in [5.41, 5.74) is -0.469. The Hall–Kier alpha value is -2.74. The smallest absolute Gasteiger partial charge is 0.325 e. The van der Waals surface area contributed by atoms with E-state index in [-0.39, 0.29) is 24.2 Å². The molecule has 126 valence electrons. The van der Waals surface area contributed by atoms with E-state index < -0.39 is 35.4 Å². The average Bonchev–Trinajstić information content (AvgIpc) is 2.87. The maximum Gasteiger partial charge on any atom is 0.325 e. The summed E-state index contributed by atoms with van der Waals surface area (Å²) in [6.07, 6.45) is -1.23. The minimum absolute atomic E-state index is 0.283. The summed E-state index contributed by atoms with van der Waals surface area (Å²) in [6, 6.07) is 5.79. The van der Waals surface area contributed by atoms with Gasteiger partial charge in [-0.15, -0.1) is 0 Å². The largest absolute Gasteiger partial charge is 0.389 e. The van der Waals surface area contributed by atoms with Crippen molar-refractivity contribution >= 4 is 23.8 Å². The first-order chi connectivity index (χ1) is 11.2. The number of nitrogens with zero attached hydrogens (tertiary/aromatic N) is 2. The molecule has 1 aromatic rings. The van der Waals surface area contributed by atoms with Gasteiger partial charge in [0.05, 0.1) is 30.3 Å². The van der Waals surface area contributed by atoms with E-state index >= 15 is 0 Å². The van der Waals surface area contributed by atoms with Gasteiger partial charge in [0.25, 0.3) is 17.7 Å². The topological polar surface area (TPSA) is 107 Å². The fourth-order valence-corrected chi connectivity index (χ4v) is 2.87. The molecular weight excluding hydrogens is 314 g/mol. The molecule has 1 atom stereocenters. The number of amides is 5. The number of imide groups is 2. The van der Waals surface area contributed by atoms with Crippen LogP contribution >= 0.6 is 0 Å². The predicted molar refractivity (Wildman–Crippen MR) is 82.1 cm³/mol. The minimum atomic E-state index is -1.23. The highest BCUT2D eigenvalue weighted by Gasteiger charge is 2.45. The van der Waals surface area contributed by atoms with Crippen LogP contribution in [0.5, 0.6) is 0 Å². The van der Waals surface area contributed by atoms with Gasteiger partial charge >= 0.3 is 6.03 Å². The van der Waals surface area contributed by atoms with Crippen molar-refractivity contribution in [3.05, 3.63) is 35.4 Å². The first-order valence-corrected chi connectivity index (χ1v) is 7.50. The summed E-state index contributed by atoms with van der Waals surface area (Å²) in [5.74, 6) is -1.45. The van der Waals surface area contributed by atoms with E-state index in [1.807, 2.05) is 0 Å². The molecule has 8 nitrogen and oxygen atoms in total. The molecule has 0 radical (unpaired) electrons. The number of aliphatic hydroxyl groups excluding tert-OH is 1. The van der Waals surface area contributed by atoms with E-state index in [4.69, 9.17) is 0 Å². The molecule has 0 unspecified atom stereocenters. The Labute approximate surface area is 138 Å². The zero-order chi connectivity index (χ0) is 17.6. The first-order valence-electron chi connectivity index (χ1n) is 7.50. The number of hydrogen-bond donors (Lipinski definition) is 2. The molecule has 0 spiro atoms. The van der Waals surface area contributed by atoms with E-state index in [1.54, 1.807) is 38.1 Å². The van der Waals surface area contributed by atoms with Crippen LogP contribution in [0.2, 0.25) is 0 Å². The molecule has 2 aliphatic rings. The van der Waals surface area contributed by atoms with Crippen LogP contribution in [-0.2, 0) is 4.79 Å². The number of rotatable bonds is 4. The van der Waals surface area contributed by atoms with Gasteiger partial charge in [-0.2, -0.15) is 0 Å². The summed E-state index contributed by atoms with van der Waals surface area (Å²) < 4.78 is 0. The maximum absolute atomic E-state index is 12.2. The van der Waals surface area contributed by atoms with Crippen molar-refractivity contribution in [2.75, 3.05) is 13.1 Å². The van der Waals surface area contributed by atoms with Gasteiger partial charge in [-0.1, -0.05) is 12.1 Å². The summed E-state index contributed by atoms with van der Waals surface area (Å²) in [5, 5.41) is 12.7. The number of urea groups is 1. The molecule has 2 N–H and O–H groups in total. The van der Waals surface area contributed by atoms with Crippen molar-refractivity contribution in [2.24, 2.45) is 0 Å². The maximum atomic E-state index is 12.2. The molecule has 8 heteroatoms. The molecule has 1 aromatic carbocycles. The number of aliphatic hydroxyl groups is 1. The number of carbonyl (C=O) groups is 4. The van der Waals surface area contributed by atoms with Crippen LogP contribution in [0.3, 0.4) is 0 Å². The molecule has 0 aromatic heterocycles. The summed E-state index contributed by atoms with van der Waals surface area (Å²) in [4.78, 5) is 50.2. The van der Waals surface area contributed by atoms with Crippen molar-refractivity contribution < 1.29 is 24.3 Å². The Morgan fingerprint density at radius 3 is 1.96 bits per heavy atom. The van der Waals surface area contributed by atoms with E-state index in [0.29, 0.717) is 0 Å². The lowest BCUT2D eigenvalue weighted by atomic mass is 10.1. The van der Waals surface area contributed by atoms with E-state index in [9.17, 15) is 24.3 Å². The van der Waals surface area contributed by atoms with E-state index in [1.165, 1.54) is 0 Å². The summed E-state index contributed by atoms with van der Waals surface area (Å²) in [6.45, 7) is 2.54. The van der Waals surface area contributed by atoms with E-state index in [0.717, 1.165) is 9.80 Å². The van der Waals surface area contributed by atoms with Gasteiger partial charge < -0.3 is 10.4 Å². The standard InChI is InChI=1S/C16H17N3O5/c1-16(2)14(23)19(15(24)17-16)8-9(20)7-18-12(21)10-5-3-4-6-11(10)13(18)22/h3-6,9,20H,7-8H2,1-2H3,(H,17,24)/t9-/m1/s1. The second kappa shape index (κ2) is 5.41. The number of carbonyl (C=O) groups excluding carboxylic acids is 4. The van der Waals surface area contributed by atoms with Crippen LogP contribution in [0.25, 0.3) is 0 Å². The molecule has 3 rings (SSSR count). The van der Waals surface area contributed by atoms with Gasteiger partial charge in [0.1, 0.15) is 5.54 Å². The Bertz CT molecular complexity index is 723. The SMILES string of the molecule is CC1(C)NC(=O)N(C[C@H](O)CN2C(=O)c3ccccc3C2=O)C1=O. The number of β-amino-alcohol motifs (C(OH)–C–C–N with tert-alkyl or cyclic N) is 1. The van der Waals surface area contributed by atoms with Gasteiger partial charge in [-0.05, 0) is 26.0 Å². The second-order valence-electron chi connectivity index (χ2n) is 6.39. The number of benzene rings is 1. The van der Waals surface area contributed by atoms with Crippen LogP contribution in [0.4, 0.5) is 4.79 Å². The van der Waals surface area contributed by atoms with Crippen LogP contribution in [0.15, 0.2) is 24.3 Å². The zero-order valence-corrected chi connectivity index (χ0v) is 13.3. The molecule has 0 saturated carbocycles. The van der Waals surface area contributed by atoms with Gasteiger partial charge in [0.15, 0.2) is 0 Å². The van der Waals surface area contributed by atoms with Gasteiger partial charge in [0, 0.05) is 0 Å². The van der Waals surface area contributed by atoms with Crippen molar-refractivity contribution in [1.29, 1.82) is 0 Å². The first kappa shape index (κ1) is 16.1. The normalized spacial score (nSPS) is 20.5. The predicted octanol–water partition coefficient (Wildman–Crippen LogP) is -0.0261. The highest BCUT2D eigenvalue weighted by Crippen LogP contribution is 2.23. The quantitative estimate of drug-likeness (QED) is 0.595. The monoisotopic (exact) mass is 331 g/mol. The summed E-state index contributed by atoms with van der Waals surface area (Å²) in [7, 11) is 0. The van der Waals surface area contributed by atoms with Crippen molar-refractivity contribution in [2.45, 2.75) is 25.5 Å². The third-order valence-electron chi connectivity index (χ3n) is 4.11.